The number of nitrogens with one attached hydrogen (secondary N) is 1. The van der Waals surface area contributed by atoms with Gasteiger partial charge in [-0.05, 0) is 37.5 Å². The second-order valence-electron chi connectivity index (χ2n) is 5.23. The number of carbonyl (C=O) groups is 2. The highest BCUT2D eigenvalue weighted by atomic mass is 16.5. The van der Waals surface area contributed by atoms with E-state index in [-0.39, 0.29) is 29.4 Å². The number of aryl methyl sites for hydroxylation is 1. The summed E-state index contributed by atoms with van der Waals surface area (Å²) in [6, 6.07) is 4.96. The Kier molecular flexibility index (Phi) is 4.67. The van der Waals surface area contributed by atoms with Gasteiger partial charge in [0.25, 0.3) is 5.91 Å². The van der Waals surface area contributed by atoms with Crippen LogP contribution in [0, 0.1) is 6.92 Å². The van der Waals surface area contributed by atoms with E-state index < -0.39 is 0 Å². The number of benzene rings is 1. The molecule has 0 atom stereocenters. The topological polar surface area (TPSA) is 78.9 Å². The highest BCUT2D eigenvalue weighted by Crippen LogP contribution is 2.19. The van der Waals surface area contributed by atoms with Crippen molar-refractivity contribution < 1.29 is 19.4 Å². The van der Waals surface area contributed by atoms with Crippen molar-refractivity contribution in [3.05, 3.63) is 29.3 Å². The summed E-state index contributed by atoms with van der Waals surface area (Å²) in [7, 11) is 1.36. The number of hydrogen-bond acceptors (Lipinski definition) is 4. The number of piperidine rings is 1. The molecule has 1 aromatic carbocycles. The van der Waals surface area contributed by atoms with Gasteiger partial charge in [-0.3, -0.25) is 4.79 Å². The van der Waals surface area contributed by atoms with Gasteiger partial charge in [-0.1, -0.05) is 6.07 Å². The molecule has 1 aliphatic heterocycles. The molecule has 0 bridgehead atoms. The summed E-state index contributed by atoms with van der Waals surface area (Å²) >= 11 is 0. The Labute approximate surface area is 123 Å². The van der Waals surface area contributed by atoms with Gasteiger partial charge in [-0.2, -0.15) is 0 Å². The lowest BCUT2D eigenvalue weighted by Crippen LogP contribution is -2.46. The van der Waals surface area contributed by atoms with Crippen LogP contribution in [0.1, 0.15) is 28.8 Å². The lowest BCUT2D eigenvalue weighted by Gasteiger charge is -2.31. The van der Waals surface area contributed by atoms with E-state index in [9.17, 15) is 14.7 Å². The molecule has 21 heavy (non-hydrogen) atoms. The Hall–Kier alpha value is -2.24. The Morgan fingerprint density at radius 3 is 2.57 bits per heavy atom. The number of phenols is 1. The monoisotopic (exact) mass is 292 g/mol. The molecule has 1 aliphatic rings. The maximum absolute atomic E-state index is 12.1. The van der Waals surface area contributed by atoms with Gasteiger partial charge in [-0.25, -0.2) is 4.79 Å². The fourth-order valence-corrected chi connectivity index (χ4v) is 2.43. The second kappa shape index (κ2) is 6.47. The second-order valence-corrected chi connectivity index (χ2v) is 5.23. The van der Waals surface area contributed by atoms with Crippen LogP contribution in [-0.4, -0.2) is 48.2 Å². The lowest BCUT2D eigenvalue weighted by molar-refractivity contribution is 0.0890. The van der Waals surface area contributed by atoms with Gasteiger partial charge in [0.05, 0.1) is 12.7 Å². The maximum atomic E-state index is 12.1. The van der Waals surface area contributed by atoms with Crippen molar-refractivity contribution in [3.63, 3.8) is 0 Å². The molecule has 1 fully saturated rings. The number of nitrogens with zero attached hydrogens (tertiary/aromatic N) is 1. The van der Waals surface area contributed by atoms with E-state index in [4.69, 9.17) is 0 Å². The molecule has 2 amide bonds. The molecule has 2 rings (SSSR count). The van der Waals surface area contributed by atoms with E-state index >= 15 is 0 Å². The molecular weight excluding hydrogens is 272 g/mol. The first-order chi connectivity index (χ1) is 10.0. The molecule has 114 valence electrons. The number of aromatic hydroxyl groups is 1. The largest absolute Gasteiger partial charge is 0.507 e. The number of rotatable bonds is 2. The van der Waals surface area contributed by atoms with Crippen molar-refractivity contribution in [1.82, 2.24) is 10.2 Å². The van der Waals surface area contributed by atoms with Crippen molar-refractivity contribution in [2.24, 2.45) is 0 Å². The third-order valence-electron chi connectivity index (χ3n) is 3.66. The van der Waals surface area contributed by atoms with E-state index in [0.29, 0.717) is 25.9 Å². The highest BCUT2D eigenvalue weighted by Gasteiger charge is 2.25. The molecule has 1 aromatic rings. The van der Waals surface area contributed by atoms with Crippen LogP contribution in [0.15, 0.2) is 18.2 Å². The van der Waals surface area contributed by atoms with E-state index in [1.165, 1.54) is 7.11 Å². The summed E-state index contributed by atoms with van der Waals surface area (Å²) in [5.74, 6) is -0.302. The van der Waals surface area contributed by atoms with E-state index in [2.05, 4.69) is 10.1 Å². The van der Waals surface area contributed by atoms with E-state index in [1.807, 2.05) is 6.92 Å². The number of methoxy groups -OCH3 is 1. The number of carbonyl (C=O) groups excluding carboxylic acids is 2. The van der Waals surface area contributed by atoms with Crippen LogP contribution in [0.3, 0.4) is 0 Å². The lowest BCUT2D eigenvalue weighted by atomic mass is 10.0. The van der Waals surface area contributed by atoms with Crippen LogP contribution in [0.2, 0.25) is 0 Å². The van der Waals surface area contributed by atoms with Gasteiger partial charge in [-0.15, -0.1) is 0 Å². The summed E-state index contributed by atoms with van der Waals surface area (Å²) in [6.07, 6.45) is 1.01. The summed E-state index contributed by atoms with van der Waals surface area (Å²) < 4.78 is 4.67. The van der Waals surface area contributed by atoms with E-state index in [1.54, 1.807) is 23.1 Å². The maximum Gasteiger partial charge on any atom is 0.409 e. The van der Waals surface area contributed by atoms with Crippen molar-refractivity contribution in [2.75, 3.05) is 20.2 Å². The third kappa shape index (κ3) is 3.65. The fourth-order valence-electron chi connectivity index (χ4n) is 2.43. The van der Waals surface area contributed by atoms with Crippen molar-refractivity contribution in [1.29, 1.82) is 0 Å². The van der Waals surface area contributed by atoms with Crippen LogP contribution in [0.25, 0.3) is 0 Å². The number of likely N-dealkylation sites (tertiary alicyclic amines) is 1. The first-order valence-corrected chi connectivity index (χ1v) is 6.94. The van der Waals surface area contributed by atoms with Gasteiger partial charge in [0.1, 0.15) is 5.75 Å². The molecule has 1 saturated heterocycles. The molecule has 0 spiro atoms. The Balaban J connectivity index is 1.91. The van der Waals surface area contributed by atoms with Crippen LogP contribution in [0.4, 0.5) is 4.79 Å². The molecule has 0 aliphatic carbocycles. The predicted molar refractivity (Wildman–Crippen MR) is 77.3 cm³/mol. The van der Waals surface area contributed by atoms with Crippen LogP contribution >= 0.6 is 0 Å². The smallest absolute Gasteiger partial charge is 0.409 e. The van der Waals surface area contributed by atoms with Crippen LogP contribution in [0.5, 0.6) is 5.75 Å². The van der Waals surface area contributed by atoms with E-state index in [0.717, 1.165) is 5.56 Å². The standard InChI is InChI=1S/C15H20N2O4/c1-10-3-4-12(13(18)9-10)14(19)16-11-5-7-17(8-6-11)15(20)21-2/h3-4,9,11,18H,5-8H2,1-2H3,(H,16,19). The first-order valence-electron chi connectivity index (χ1n) is 6.94. The molecule has 0 aromatic heterocycles. The number of phenolic OH excluding ortho intramolecular Hbond substituents is 1. The normalized spacial score (nSPS) is 15.6. The Bertz CT molecular complexity index is 536. The zero-order valence-corrected chi connectivity index (χ0v) is 12.3. The van der Waals surface area contributed by atoms with Crippen LogP contribution in [-0.2, 0) is 4.74 Å². The fraction of sp³-hybridized carbons (Fsp3) is 0.467. The highest BCUT2D eigenvalue weighted by molar-refractivity contribution is 5.97. The minimum Gasteiger partial charge on any atom is -0.507 e. The average molecular weight is 292 g/mol. The molecule has 1 heterocycles. The van der Waals surface area contributed by atoms with Gasteiger partial charge in [0.15, 0.2) is 0 Å². The molecule has 6 heteroatoms. The molecule has 2 N–H and O–H groups in total. The van der Waals surface area contributed by atoms with Crippen molar-refractivity contribution >= 4 is 12.0 Å². The molecule has 0 unspecified atom stereocenters. The van der Waals surface area contributed by atoms with Gasteiger partial charge >= 0.3 is 6.09 Å². The van der Waals surface area contributed by atoms with Gasteiger partial charge in [0, 0.05) is 19.1 Å². The minimum absolute atomic E-state index is 0.000825. The van der Waals surface area contributed by atoms with Gasteiger partial charge in [0.2, 0.25) is 0 Å². The predicted octanol–water partition coefficient (Wildman–Crippen LogP) is 1.66. The SMILES string of the molecule is COC(=O)N1CCC(NC(=O)c2ccc(C)cc2O)CC1. The molecule has 0 radical (unpaired) electrons. The first kappa shape index (κ1) is 15.2. The summed E-state index contributed by atoms with van der Waals surface area (Å²) in [6.45, 7) is 2.96. The average Bonchev–Trinajstić information content (AvgIpc) is 2.47. The summed E-state index contributed by atoms with van der Waals surface area (Å²) in [4.78, 5) is 25.1. The third-order valence-corrected chi connectivity index (χ3v) is 3.66. The Morgan fingerprint density at radius 2 is 2.00 bits per heavy atom. The van der Waals surface area contributed by atoms with Crippen molar-refractivity contribution in [3.8, 4) is 5.75 Å². The number of amides is 2. The molecule has 6 nitrogen and oxygen atoms in total. The molecular formula is C15H20N2O4. The zero-order valence-electron chi connectivity index (χ0n) is 12.3. The Morgan fingerprint density at radius 1 is 1.33 bits per heavy atom. The molecule has 0 saturated carbocycles. The minimum atomic E-state index is -0.337. The summed E-state index contributed by atoms with van der Waals surface area (Å²) in [5.41, 5.74) is 1.17. The number of hydrogen-bond donors (Lipinski definition) is 2. The quantitative estimate of drug-likeness (QED) is 0.869. The van der Waals surface area contributed by atoms with Crippen molar-refractivity contribution in [2.45, 2.75) is 25.8 Å². The number of ether oxygens (including phenoxy) is 1. The van der Waals surface area contributed by atoms with Gasteiger partial charge < -0.3 is 20.1 Å². The summed E-state index contributed by atoms with van der Waals surface area (Å²) in [5, 5.41) is 12.7. The zero-order chi connectivity index (χ0) is 15.4. The van der Waals surface area contributed by atoms with Crippen LogP contribution < -0.4 is 5.32 Å².